The van der Waals surface area contributed by atoms with E-state index in [0.717, 1.165) is 30.5 Å². The van der Waals surface area contributed by atoms with Crippen LogP contribution in [-0.2, 0) is 6.18 Å². The summed E-state index contributed by atoms with van der Waals surface area (Å²) in [5, 5.41) is -0.126. The summed E-state index contributed by atoms with van der Waals surface area (Å²) in [5.41, 5.74) is 0.0600. The predicted octanol–water partition coefficient (Wildman–Crippen LogP) is 5.02. The topological polar surface area (TPSA) is 0 Å². The fraction of sp³-hybridized carbons (Fsp3) is 0.385. The molecule has 2 rings (SSSR count). The van der Waals surface area contributed by atoms with Gasteiger partial charge in [-0.05, 0) is 42.5 Å². The summed E-state index contributed by atoms with van der Waals surface area (Å²) in [6.45, 7) is 0. The van der Waals surface area contributed by atoms with Crippen molar-refractivity contribution >= 4 is 17.2 Å². The molecular weight excluding hydrogens is 268 g/mol. The van der Waals surface area contributed by atoms with Crippen LogP contribution >= 0.6 is 11.6 Å². The van der Waals surface area contributed by atoms with Crippen molar-refractivity contribution in [3.05, 3.63) is 41.2 Å². The molecule has 1 aliphatic rings. The highest BCUT2D eigenvalue weighted by molar-refractivity contribution is 6.22. The minimum Gasteiger partial charge on any atom is -0.206 e. The van der Waals surface area contributed by atoms with Crippen molar-refractivity contribution in [3.63, 3.8) is 0 Å². The van der Waals surface area contributed by atoms with E-state index in [1.54, 1.807) is 6.08 Å². The minimum atomic E-state index is -4.65. The molecular formula is C13H11ClF4. The summed E-state index contributed by atoms with van der Waals surface area (Å²) in [4.78, 5) is 0. The summed E-state index contributed by atoms with van der Waals surface area (Å²) < 4.78 is 50.6. The predicted molar refractivity (Wildman–Crippen MR) is 62.9 cm³/mol. The molecule has 1 atom stereocenters. The van der Waals surface area contributed by atoms with Gasteiger partial charge in [0.1, 0.15) is 5.82 Å². The number of halogens is 5. The van der Waals surface area contributed by atoms with Gasteiger partial charge in [0.15, 0.2) is 0 Å². The first-order valence-electron chi connectivity index (χ1n) is 5.60. The minimum absolute atomic E-state index is 0.126. The van der Waals surface area contributed by atoms with E-state index in [1.165, 1.54) is 6.07 Å². The van der Waals surface area contributed by atoms with Crippen LogP contribution < -0.4 is 0 Å². The normalized spacial score (nSPS) is 20.7. The zero-order chi connectivity index (χ0) is 13.3. The van der Waals surface area contributed by atoms with Gasteiger partial charge in [-0.15, -0.1) is 11.6 Å². The molecule has 18 heavy (non-hydrogen) atoms. The van der Waals surface area contributed by atoms with E-state index in [1.807, 2.05) is 0 Å². The lowest BCUT2D eigenvalue weighted by Gasteiger charge is -2.17. The monoisotopic (exact) mass is 278 g/mol. The Labute approximate surface area is 107 Å². The SMILES string of the molecule is Fc1cc(C2=CC(Cl)CCC2)ccc1C(F)(F)F. The number of rotatable bonds is 1. The smallest absolute Gasteiger partial charge is 0.206 e. The van der Waals surface area contributed by atoms with Crippen LogP contribution in [0.15, 0.2) is 24.3 Å². The van der Waals surface area contributed by atoms with Gasteiger partial charge in [-0.2, -0.15) is 13.2 Å². The Balaban J connectivity index is 2.35. The van der Waals surface area contributed by atoms with Crippen molar-refractivity contribution in [2.24, 2.45) is 0 Å². The maximum absolute atomic E-state index is 13.4. The van der Waals surface area contributed by atoms with E-state index in [2.05, 4.69) is 0 Å². The molecule has 1 unspecified atom stereocenters. The standard InChI is InChI=1S/C13H11ClF4/c14-10-3-1-2-8(6-10)9-4-5-11(12(15)7-9)13(16,17)18/h4-7,10H,1-3H2. The van der Waals surface area contributed by atoms with Gasteiger partial charge < -0.3 is 0 Å². The van der Waals surface area contributed by atoms with Crippen molar-refractivity contribution in [1.29, 1.82) is 0 Å². The maximum atomic E-state index is 13.4. The molecule has 0 saturated carbocycles. The molecule has 0 saturated heterocycles. The maximum Gasteiger partial charge on any atom is 0.419 e. The van der Waals surface area contributed by atoms with Crippen molar-refractivity contribution in [2.45, 2.75) is 30.8 Å². The first kappa shape index (κ1) is 13.4. The number of hydrogen-bond acceptors (Lipinski definition) is 0. The number of hydrogen-bond donors (Lipinski definition) is 0. The lowest BCUT2D eigenvalue weighted by Crippen LogP contribution is -2.09. The Morgan fingerprint density at radius 1 is 1.22 bits per heavy atom. The fourth-order valence-corrected chi connectivity index (χ4v) is 2.36. The first-order chi connectivity index (χ1) is 8.38. The van der Waals surface area contributed by atoms with Crippen LogP contribution in [0, 0.1) is 5.82 Å². The zero-order valence-corrected chi connectivity index (χ0v) is 10.2. The molecule has 0 aromatic heterocycles. The zero-order valence-electron chi connectivity index (χ0n) is 9.40. The summed E-state index contributed by atoms with van der Waals surface area (Å²) in [6, 6.07) is 3.01. The van der Waals surface area contributed by atoms with Crippen LogP contribution in [0.5, 0.6) is 0 Å². The van der Waals surface area contributed by atoms with Crippen LogP contribution in [0.1, 0.15) is 30.4 Å². The second kappa shape index (κ2) is 4.92. The van der Waals surface area contributed by atoms with Crippen LogP contribution in [0.4, 0.5) is 17.6 Å². The number of allylic oxidation sites excluding steroid dienone is 2. The highest BCUT2D eigenvalue weighted by Gasteiger charge is 2.34. The van der Waals surface area contributed by atoms with Crippen molar-refractivity contribution in [2.75, 3.05) is 0 Å². The Morgan fingerprint density at radius 3 is 2.50 bits per heavy atom. The molecule has 0 spiro atoms. The number of benzene rings is 1. The van der Waals surface area contributed by atoms with Gasteiger partial charge in [-0.25, -0.2) is 4.39 Å². The van der Waals surface area contributed by atoms with E-state index in [9.17, 15) is 17.6 Å². The van der Waals surface area contributed by atoms with Crippen LogP contribution in [0.25, 0.3) is 5.57 Å². The van der Waals surface area contributed by atoms with Gasteiger partial charge in [0.25, 0.3) is 0 Å². The molecule has 98 valence electrons. The van der Waals surface area contributed by atoms with E-state index in [0.29, 0.717) is 12.0 Å². The van der Waals surface area contributed by atoms with Crippen molar-refractivity contribution in [1.82, 2.24) is 0 Å². The average molecular weight is 279 g/mol. The first-order valence-corrected chi connectivity index (χ1v) is 6.03. The Kier molecular flexibility index (Phi) is 3.66. The van der Waals surface area contributed by atoms with Crippen LogP contribution in [0.3, 0.4) is 0 Å². The lowest BCUT2D eigenvalue weighted by atomic mass is 9.93. The highest BCUT2D eigenvalue weighted by atomic mass is 35.5. The number of alkyl halides is 4. The quantitative estimate of drug-likeness (QED) is 0.500. The second-order valence-electron chi connectivity index (χ2n) is 4.29. The highest BCUT2D eigenvalue weighted by Crippen LogP contribution is 2.34. The molecule has 0 bridgehead atoms. The van der Waals surface area contributed by atoms with Crippen LogP contribution in [0.2, 0.25) is 0 Å². The molecule has 0 fully saturated rings. The van der Waals surface area contributed by atoms with E-state index in [4.69, 9.17) is 11.6 Å². The van der Waals surface area contributed by atoms with Crippen molar-refractivity contribution < 1.29 is 17.6 Å². The lowest BCUT2D eigenvalue weighted by molar-refractivity contribution is -0.140. The molecule has 0 heterocycles. The summed E-state index contributed by atoms with van der Waals surface area (Å²) in [5.74, 6) is -1.24. The summed E-state index contributed by atoms with van der Waals surface area (Å²) in [6.07, 6.45) is -0.448. The van der Waals surface area contributed by atoms with Gasteiger partial charge in [-0.3, -0.25) is 0 Å². The third kappa shape index (κ3) is 2.86. The molecule has 0 radical (unpaired) electrons. The van der Waals surface area contributed by atoms with E-state index in [-0.39, 0.29) is 5.38 Å². The molecule has 5 heteroatoms. The van der Waals surface area contributed by atoms with Gasteiger partial charge in [0, 0.05) is 0 Å². The molecule has 1 aromatic rings. The second-order valence-corrected chi connectivity index (χ2v) is 4.85. The van der Waals surface area contributed by atoms with Crippen LogP contribution in [-0.4, -0.2) is 5.38 Å². The fourth-order valence-electron chi connectivity index (χ4n) is 2.06. The molecule has 0 aliphatic heterocycles. The average Bonchev–Trinajstić information content (AvgIpc) is 2.27. The molecule has 1 aliphatic carbocycles. The molecule has 0 amide bonds. The van der Waals surface area contributed by atoms with Gasteiger partial charge >= 0.3 is 6.18 Å². The van der Waals surface area contributed by atoms with E-state index >= 15 is 0 Å². The summed E-state index contributed by atoms with van der Waals surface area (Å²) in [7, 11) is 0. The Bertz CT molecular complexity index is 476. The van der Waals surface area contributed by atoms with Gasteiger partial charge in [0.05, 0.1) is 10.9 Å². The molecule has 0 nitrogen and oxygen atoms in total. The largest absolute Gasteiger partial charge is 0.419 e. The van der Waals surface area contributed by atoms with Crippen molar-refractivity contribution in [3.8, 4) is 0 Å². The van der Waals surface area contributed by atoms with E-state index < -0.39 is 17.6 Å². The molecule has 0 N–H and O–H groups in total. The van der Waals surface area contributed by atoms with Gasteiger partial charge in [0.2, 0.25) is 0 Å². The Hall–Kier alpha value is -1.03. The third-order valence-electron chi connectivity index (χ3n) is 2.95. The Morgan fingerprint density at radius 2 is 1.94 bits per heavy atom. The third-order valence-corrected chi connectivity index (χ3v) is 3.30. The molecule has 1 aromatic carbocycles. The van der Waals surface area contributed by atoms with Gasteiger partial charge in [-0.1, -0.05) is 12.1 Å². The summed E-state index contributed by atoms with van der Waals surface area (Å²) >= 11 is 5.95.